The van der Waals surface area contributed by atoms with Crippen molar-refractivity contribution in [1.82, 2.24) is 14.7 Å². The van der Waals surface area contributed by atoms with Crippen LogP contribution in [-0.2, 0) is 16.1 Å². The van der Waals surface area contributed by atoms with Crippen LogP contribution in [0, 0.1) is 5.92 Å². The minimum atomic E-state index is -2.85. The van der Waals surface area contributed by atoms with Gasteiger partial charge in [0.15, 0.2) is 6.10 Å². The molecule has 1 saturated heterocycles. The summed E-state index contributed by atoms with van der Waals surface area (Å²) in [7, 11) is 0. The molecule has 2 atom stereocenters. The van der Waals surface area contributed by atoms with E-state index in [0.29, 0.717) is 0 Å². The highest BCUT2D eigenvalue weighted by molar-refractivity contribution is 5.95. The Morgan fingerprint density at radius 2 is 2.08 bits per heavy atom. The Morgan fingerprint density at radius 3 is 2.62 bits per heavy atom. The van der Waals surface area contributed by atoms with E-state index in [-0.39, 0.29) is 31.1 Å². The lowest BCUT2D eigenvalue weighted by molar-refractivity contribution is -0.160. The van der Waals surface area contributed by atoms with Gasteiger partial charge in [-0.15, -0.1) is 0 Å². The van der Waals surface area contributed by atoms with Crippen LogP contribution in [0.15, 0.2) is 6.20 Å². The van der Waals surface area contributed by atoms with E-state index in [4.69, 9.17) is 9.84 Å². The number of nitrogens with zero attached hydrogens (tertiary/aromatic N) is 3. The molecule has 2 rings (SSSR count). The summed E-state index contributed by atoms with van der Waals surface area (Å²) in [5.74, 6) is -1.75. The predicted octanol–water partition coefficient (Wildman–Crippen LogP) is 1.79. The Labute approximate surface area is 138 Å². The van der Waals surface area contributed by atoms with Crippen LogP contribution < -0.4 is 0 Å². The van der Waals surface area contributed by atoms with E-state index >= 15 is 0 Å². The molecule has 9 heteroatoms. The quantitative estimate of drug-likeness (QED) is 0.879. The normalized spacial score (nSPS) is 21.5. The maximum absolute atomic E-state index is 13.4. The largest absolute Gasteiger partial charge is 0.479 e. The fourth-order valence-corrected chi connectivity index (χ4v) is 2.71. The standard InChI is InChI=1S/C15H21F2N3O4/c1-8(2)5-20-12(13(16)17)10(4-18-20)14(21)19-6-9(3)24-11(7-19)15(22)23/h4,8-9,11,13H,5-7H2,1-3H3,(H,22,23)/t9-,11?/m1/s1. The first-order chi connectivity index (χ1) is 11.2. The highest BCUT2D eigenvalue weighted by Crippen LogP contribution is 2.26. The van der Waals surface area contributed by atoms with Crippen molar-refractivity contribution in [2.24, 2.45) is 5.92 Å². The molecule has 7 nitrogen and oxygen atoms in total. The maximum atomic E-state index is 13.4. The first-order valence-electron chi connectivity index (χ1n) is 7.72. The third kappa shape index (κ3) is 3.89. The fourth-order valence-electron chi connectivity index (χ4n) is 2.71. The number of aromatic nitrogens is 2. The van der Waals surface area contributed by atoms with E-state index in [1.54, 1.807) is 6.92 Å². The van der Waals surface area contributed by atoms with Crippen LogP contribution in [0.5, 0.6) is 0 Å². The van der Waals surface area contributed by atoms with Gasteiger partial charge in [-0.3, -0.25) is 9.48 Å². The second kappa shape index (κ2) is 7.25. The highest BCUT2D eigenvalue weighted by Gasteiger charge is 2.35. The number of rotatable bonds is 5. The lowest BCUT2D eigenvalue weighted by Crippen LogP contribution is -2.51. The van der Waals surface area contributed by atoms with Crippen LogP contribution in [-0.4, -0.2) is 57.0 Å². The lowest BCUT2D eigenvalue weighted by Gasteiger charge is -2.34. The molecule has 1 amide bonds. The number of halogens is 2. The van der Waals surface area contributed by atoms with Crippen LogP contribution in [0.25, 0.3) is 0 Å². The Hall–Kier alpha value is -2.03. The Bertz CT molecular complexity index is 618. The average Bonchev–Trinajstić information content (AvgIpc) is 2.88. The third-order valence-electron chi connectivity index (χ3n) is 3.68. The number of morpholine rings is 1. The van der Waals surface area contributed by atoms with E-state index in [1.807, 2.05) is 13.8 Å². The molecule has 2 heterocycles. The first-order valence-corrected chi connectivity index (χ1v) is 7.72. The maximum Gasteiger partial charge on any atom is 0.334 e. The number of hydrogen-bond acceptors (Lipinski definition) is 4. The SMILES string of the molecule is CC(C)Cn1ncc(C(=O)N2CC(C(=O)O)O[C@H](C)C2)c1C(F)F. The second-order valence-corrected chi connectivity index (χ2v) is 6.30. The summed E-state index contributed by atoms with van der Waals surface area (Å²) in [5.41, 5.74) is -0.622. The number of amides is 1. The molecule has 134 valence electrons. The Kier molecular flexibility index (Phi) is 5.53. The number of hydrogen-bond donors (Lipinski definition) is 1. The fraction of sp³-hybridized carbons (Fsp3) is 0.667. The minimum Gasteiger partial charge on any atom is -0.479 e. The zero-order valence-corrected chi connectivity index (χ0v) is 13.8. The summed E-state index contributed by atoms with van der Waals surface area (Å²) in [6, 6.07) is 0. The molecule has 0 aliphatic carbocycles. The molecule has 1 aliphatic rings. The Morgan fingerprint density at radius 1 is 1.42 bits per heavy atom. The second-order valence-electron chi connectivity index (χ2n) is 6.30. The number of carbonyl (C=O) groups is 2. The summed E-state index contributed by atoms with van der Waals surface area (Å²) in [4.78, 5) is 25.0. The molecular formula is C15H21F2N3O4. The molecule has 1 aromatic rings. The smallest absolute Gasteiger partial charge is 0.334 e. The van der Waals surface area contributed by atoms with Gasteiger partial charge in [0.05, 0.1) is 24.4 Å². The summed E-state index contributed by atoms with van der Waals surface area (Å²) in [5, 5.41) is 13.0. The molecule has 0 bridgehead atoms. The van der Waals surface area contributed by atoms with Crippen molar-refractivity contribution >= 4 is 11.9 Å². The first kappa shape index (κ1) is 18.3. The van der Waals surface area contributed by atoms with Crippen LogP contribution in [0.2, 0.25) is 0 Å². The molecule has 24 heavy (non-hydrogen) atoms. The zero-order chi connectivity index (χ0) is 18.0. The van der Waals surface area contributed by atoms with Crippen molar-refractivity contribution in [3.05, 3.63) is 17.5 Å². The van der Waals surface area contributed by atoms with Crippen molar-refractivity contribution in [1.29, 1.82) is 0 Å². The van der Waals surface area contributed by atoms with Crippen LogP contribution in [0.1, 0.15) is 43.2 Å². The molecule has 1 aliphatic heterocycles. The molecule has 0 radical (unpaired) electrons. The van der Waals surface area contributed by atoms with Gasteiger partial charge in [-0.25, -0.2) is 13.6 Å². The van der Waals surface area contributed by atoms with E-state index in [1.165, 1.54) is 4.90 Å². The van der Waals surface area contributed by atoms with Crippen molar-refractivity contribution in [3.63, 3.8) is 0 Å². The molecular weight excluding hydrogens is 324 g/mol. The summed E-state index contributed by atoms with van der Waals surface area (Å²) in [6.45, 7) is 5.58. The molecule has 0 saturated carbocycles. The molecule has 1 aromatic heterocycles. The van der Waals surface area contributed by atoms with Crippen molar-refractivity contribution in [2.45, 2.75) is 45.9 Å². The van der Waals surface area contributed by atoms with Crippen LogP contribution >= 0.6 is 0 Å². The average molecular weight is 345 g/mol. The minimum absolute atomic E-state index is 0.0881. The zero-order valence-electron chi connectivity index (χ0n) is 13.8. The molecule has 0 aromatic carbocycles. The number of alkyl halides is 2. The number of carbonyl (C=O) groups excluding carboxylic acids is 1. The van der Waals surface area contributed by atoms with Gasteiger partial charge in [0, 0.05) is 13.1 Å². The number of carboxylic acids is 1. The molecule has 1 unspecified atom stereocenters. The van der Waals surface area contributed by atoms with E-state index in [2.05, 4.69) is 5.10 Å². The summed E-state index contributed by atoms with van der Waals surface area (Å²) < 4.78 is 33.2. The van der Waals surface area contributed by atoms with Gasteiger partial charge in [-0.2, -0.15) is 5.10 Å². The van der Waals surface area contributed by atoms with Gasteiger partial charge < -0.3 is 14.7 Å². The van der Waals surface area contributed by atoms with Gasteiger partial charge >= 0.3 is 5.97 Å². The number of aliphatic carboxylic acids is 1. The number of ether oxygens (including phenoxy) is 1. The van der Waals surface area contributed by atoms with Crippen molar-refractivity contribution in [2.75, 3.05) is 13.1 Å². The number of carboxylic acid groups (broad SMARTS) is 1. The van der Waals surface area contributed by atoms with Gasteiger partial charge in [-0.05, 0) is 12.8 Å². The van der Waals surface area contributed by atoms with Gasteiger partial charge in [-0.1, -0.05) is 13.8 Å². The Balaban J connectivity index is 2.28. The van der Waals surface area contributed by atoms with Crippen LogP contribution in [0.4, 0.5) is 8.78 Å². The topological polar surface area (TPSA) is 84.7 Å². The molecule has 0 spiro atoms. The third-order valence-corrected chi connectivity index (χ3v) is 3.68. The van der Waals surface area contributed by atoms with Crippen LogP contribution in [0.3, 0.4) is 0 Å². The van der Waals surface area contributed by atoms with Gasteiger partial charge in [0.2, 0.25) is 0 Å². The van der Waals surface area contributed by atoms with E-state index in [9.17, 15) is 18.4 Å². The van der Waals surface area contributed by atoms with Crippen molar-refractivity contribution < 1.29 is 28.2 Å². The van der Waals surface area contributed by atoms with Crippen molar-refractivity contribution in [3.8, 4) is 0 Å². The lowest BCUT2D eigenvalue weighted by atomic mass is 10.1. The molecule has 1 N–H and O–H groups in total. The summed E-state index contributed by atoms with van der Waals surface area (Å²) in [6.07, 6.45) is -3.39. The summed E-state index contributed by atoms with van der Waals surface area (Å²) >= 11 is 0. The highest BCUT2D eigenvalue weighted by atomic mass is 19.3. The monoisotopic (exact) mass is 345 g/mol. The van der Waals surface area contributed by atoms with E-state index < -0.39 is 36.2 Å². The van der Waals surface area contributed by atoms with Gasteiger partial charge in [0.25, 0.3) is 12.3 Å². The predicted molar refractivity (Wildman–Crippen MR) is 79.9 cm³/mol. The van der Waals surface area contributed by atoms with E-state index in [0.717, 1.165) is 10.9 Å². The van der Waals surface area contributed by atoms with Gasteiger partial charge in [0.1, 0.15) is 5.69 Å². The molecule has 1 fully saturated rings.